The second-order valence-electron chi connectivity index (χ2n) is 10.8. The first-order chi connectivity index (χ1) is 20.1. The van der Waals surface area contributed by atoms with E-state index in [0.717, 1.165) is 11.1 Å². The highest BCUT2D eigenvalue weighted by Crippen LogP contribution is 2.44. The van der Waals surface area contributed by atoms with Gasteiger partial charge in [0.15, 0.2) is 5.96 Å². The van der Waals surface area contributed by atoms with Gasteiger partial charge in [-0.2, -0.15) is 0 Å². The lowest BCUT2D eigenvalue weighted by molar-refractivity contribution is -0.0564. The van der Waals surface area contributed by atoms with Crippen molar-refractivity contribution in [3.8, 4) is 11.1 Å². The number of guanidine groups is 1. The number of rotatable bonds is 10. The highest BCUT2D eigenvalue weighted by atomic mass is 19.1. The minimum Gasteiger partial charge on any atom is -0.465 e. The SMILES string of the molecule is Cc1cccc(-c2c(F)cccc2[C@](O)(CCCNC(=O)O)[C@@H]2CCCN(C(=O)c3ccc(CNC(=N)N)cc3)C2)c1. The average molecular weight is 576 g/mol. The van der Waals surface area contributed by atoms with Crippen molar-refractivity contribution in [3.63, 3.8) is 0 Å². The quantitative estimate of drug-likeness (QED) is 0.118. The zero-order valence-corrected chi connectivity index (χ0v) is 23.7. The molecule has 7 N–H and O–H groups in total. The van der Waals surface area contributed by atoms with Crippen LogP contribution in [-0.4, -0.2) is 52.7 Å². The number of nitrogens with one attached hydrogen (secondary N) is 3. The molecule has 0 radical (unpaired) electrons. The van der Waals surface area contributed by atoms with Crippen molar-refractivity contribution in [1.82, 2.24) is 15.5 Å². The van der Waals surface area contributed by atoms with E-state index in [-0.39, 0.29) is 31.4 Å². The summed E-state index contributed by atoms with van der Waals surface area (Å²) in [5.41, 5.74) is 7.55. The highest BCUT2D eigenvalue weighted by Gasteiger charge is 2.43. The molecule has 10 heteroatoms. The van der Waals surface area contributed by atoms with Crippen molar-refractivity contribution in [3.05, 3.63) is 94.8 Å². The molecular weight excluding hydrogens is 537 g/mol. The van der Waals surface area contributed by atoms with Gasteiger partial charge in [0.05, 0.1) is 5.60 Å². The summed E-state index contributed by atoms with van der Waals surface area (Å²) in [7, 11) is 0. The summed E-state index contributed by atoms with van der Waals surface area (Å²) < 4.78 is 15.5. The van der Waals surface area contributed by atoms with Gasteiger partial charge in [-0.3, -0.25) is 10.2 Å². The molecule has 1 aliphatic heterocycles. The van der Waals surface area contributed by atoms with E-state index >= 15 is 4.39 Å². The predicted molar refractivity (Wildman–Crippen MR) is 160 cm³/mol. The van der Waals surface area contributed by atoms with Crippen molar-refractivity contribution >= 4 is 18.0 Å². The number of nitrogens with zero attached hydrogens (tertiary/aromatic N) is 1. The highest BCUT2D eigenvalue weighted by molar-refractivity contribution is 5.94. The molecule has 3 aromatic carbocycles. The predicted octanol–water partition coefficient (Wildman–Crippen LogP) is 4.57. The lowest BCUT2D eigenvalue weighted by Gasteiger charge is -2.43. The standard InChI is InChI=1S/C32H38FN5O4/c1-21-6-2-7-24(18-21)28-26(9-3-10-27(28)33)32(42,15-5-16-36-31(40)41)25-8-4-17-38(20-25)29(39)23-13-11-22(12-14-23)19-37-30(34)35/h2-3,6-7,9-14,18,25,36,42H,4-5,8,15-17,19-20H2,1H3,(H,40,41)(H4,34,35,37)/t25-,32+/m1/s1. The number of halogens is 1. The van der Waals surface area contributed by atoms with Gasteiger partial charge in [-0.05, 0) is 67.5 Å². The molecule has 0 saturated carbocycles. The first-order valence-electron chi connectivity index (χ1n) is 14.1. The molecule has 1 saturated heterocycles. The van der Waals surface area contributed by atoms with Crippen molar-refractivity contribution in [1.29, 1.82) is 5.41 Å². The number of hydrogen-bond donors (Lipinski definition) is 6. The van der Waals surface area contributed by atoms with Crippen LogP contribution >= 0.6 is 0 Å². The van der Waals surface area contributed by atoms with Gasteiger partial charge >= 0.3 is 6.09 Å². The molecule has 222 valence electrons. The summed E-state index contributed by atoms with van der Waals surface area (Å²) in [5, 5.41) is 34.0. The zero-order chi connectivity index (χ0) is 30.3. The summed E-state index contributed by atoms with van der Waals surface area (Å²) in [6, 6.07) is 19.2. The van der Waals surface area contributed by atoms with E-state index in [1.165, 1.54) is 6.07 Å². The molecule has 3 aromatic rings. The molecule has 0 aromatic heterocycles. The summed E-state index contributed by atoms with van der Waals surface area (Å²) in [6.07, 6.45) is 0.628. The van der Waals surface area contributed by atoms with E-state index in [4.69, 9.17) is 16.2 Å². The van der Waals surface area contributed by atoms with Gasteiger partial charge in [-0.1, -0.05) is 54.1 Å². The van der Waals surface area contributed by atoms with E-state index in [2.05, 4.69) is 10.6 Å². The fourth-order valence-corrected chi connectivity index (χ4v) is 5.79. The Kier molecular flexibility index (Phi) is 9.80. The fraction of sp³-hybridized carbons (Fsp3) is 0.344. The molecule has 2 atom stereocenters. The summed E-state index contributed by atoms with van der Waals surface area (Å²) in [4.78, 5) is 26.3. The Morgan fingerprint density at radius 1 is 1.12 bits per heavy atom. The van der Waals surface area contributed by atoms with Crippen LogP contribution in [0.2, 0.25) is 0 Å². The van der Waals surface area contributed by atoms with Gasteiger partial charge < -0.3 is 31.5 Å². The van der Waals surface area contributed by atoms with Crippen LogP contribution in [0.15, 0.2) is 66.7 Å². The first-order valence-corrected chi connectivity index (χ1v) is 14.1. The van der Waals surface area contributed by atoms with Gasteiger partial charge in [-0.15, -0.1) is 0 Å². The molecule has 1 heterocycles. The van der Waals surface area contributed by atoms with Crippen LogP contribution in [0.3, 0.4) is 0 Å². The Bertz CT molecular complexity index is 1430. The van der Waals surface area contributed by atoms with Gasteiger partial charge in [-0.25, -0.2) is 9.18 Å². The first kappa shape index (κ1) is 30.5. The molecule has 1 fully saturated rings. The molecule has 42 heavy (non-hydrogen) atoms. The Morgan fingerprint density at radius 3 is 2.55 bits per heavy atom. The van der Waals surface area contributed by atoms with E-state index < -0.39 is 23.4 Å². The van der Waals surface area contributed by atoms with Crippen molar-refractivity contribution in [2.24, 2.45) is 11.7 Å². The maximum absolute atomic E-state index is 15.5. The third-order valence-corrected chi connectivity index (χ3v) is 7.87. The third kappa shape index (κ3) is 7.25. The van der Waals surface area contributed by atoms with Gasteiger partial charge in [0.2, 0.25) is 0 Å². The van der Waals surface area contributed by atoms with E-state index in [1.54, 1.807) is 41.3 Å². The normalized spacial score (nSPS) is 16.4. The third-order valence-electron chi connectivity index (χ3n) is 7.87. The fourth-order valence-electron chi connectivity index (χ4n) is 5.79. The Hall–Kier alpha value is -4.44. The molecule has 2 amide bonds. The molecule has 1 aliphatic rings. The number of nitrogens with two attached hydrogens (primary N) is 1. The van der Waals surface area contributed by atoms with Crippen LogP contribution in [0, 0.1) is 24.1 Å². The molecule has 9 nitrogen and oxygen atoms in total. The lowest BCUT2D eigenvalue weighted by Crippen LogP contribution is -2.48. The number of amides is 2. The van der Waals surface area contributed by atoms with Crippen LogP contribution in [0.1, 0.15) is 52.7 Å². The Labute approximate surface area is 245 Å². The smallest absolute Gasteiger partial charge is 0.404 e. The Balaban J connectivity index is 1.65. The van der Waals surface area contributed by atoms with Crippen LogP contribution in [0.25, 0.3) is 11.1 Å². The Morgan fingerprint density at radius 2 is 1.86 bits per heavy atom. The maximum atomic E-state index is 15.5. The van der Waals surface area contributed by atoms with Gasteiger partial charge in [0.1, 0.15) is 5.82 Å². The number of aliphatic hydroxyl groups is 1. The van der Waals surface area contributed by atoms with Gasteiger partial charge in [0, 0.05) is 43.2 Å². The number of carboxylic acid groups (broad SMARTS) is 1. The molecule has 0 bridgehead atoms. The van der Waals surface area contributed by atoms with E-state index in [1.807, 2.05) is 31.2 Å². The second-order valence-corrected chi connectivity index (χ2v) is 10.8. The summed E-state index contributed by atoms with van der Waals surface area (Å²) in [6.45, 7) is 3.21. The zero-order valence-electron chi connectivity index (χ0n) is 23.7. The second kappa shape index (κ2) is 13.5. The maximum Gasteiger partial charge on any atom is 0.404 e. The minimum absolute atomic E-state index is 0.132. The number of likely N-dealkylation sites (tertiary alicyclic amines) is 1. The number of carbonyl (C=O) groups excluding carboxylic acids is 1. The lowest BCUT2D eigenvalue weighted by atomic mass is 9.72. The minimum atomic E-state index is -1.53. The topological polar surface area (TPSA) is 152 Å². The van der Waals surface area contributed by atoms with Crippen molar-refractivity contribution < 1.29 is 24.2 Å². The molecule has 0 spiro atoms. The molecule has 0 aliphatic carbocycles. The summed E-state index contributed by atoms with van der Waals surface area (Å²) in [5.74, 6) is -1.17. The number of aryl methyl sites for hydroxylation is 1. The molecule has 4 rings (SSSR count). The van der Waals surface area contributed by atoms with Crippen LogP contribution in [-0.2, 0) is 12.1 Å². The van der Waals surface area contributed by atoms with Gasteiger partial charge in [0.25, 0.3) is 5.91 Å². The molecule has 0 unspecified atom stereocenters. The average Bonchev–Trinajstić information content (AvgIpc) is 2.98. The van der Waals surface area contributed by atoms with Crippen molar-refractivity contribution in [2.75, 3.05) is 19.6 Å². The van der Waals surface area contributed by atoms with E-state index in [0.29, 0.717) is 54.6 Å². The van der Waals surface area contributed by atoms with Crippen LogP contribution in [0.4, 0.5) is 9.18 Å². The number of piperidine rings is 1. The monoisotopic (exact) mass is 575 g/mol. The molecular formula is C32H38FN5O4. The van der Waals surface area contributed by atoms with Crippen LogP contribution in [0.5, 0.6) is 0 Å². The van der Waals surface area contributed by atoms with E-state index in [9.17, 15) is 14.7 Å². The number of benzene rings is 3. The summed E-state index contributed by atoms with van der Waals surface area (Å²) >= 11 is 0. The number of hydrogen-bond acceptors (Lipinski definition) is 4. The van der Waals surface area contributed by atoms with Crippen LogP contribution < -0.4 is 16.4 Å². The largest absolute Gasteiger partial charge is 0.465 e. The van der Waals surface area contributed by atoms with Crippen molar-refractivity contribution in [2.45, 2.75) is 44.8 Å². The number of carbonyl (C=O) groups is 2.